The molecule has 0 spiro atoms. The second-order valence-corrected chi connectivity index (χ2v) is 5.10. The lowest BCUT2D eigenvalue weighted by atomic mass is 9.97. The molecule has 18 heavy (non-hydrogen) atoms. The Bertz CT molecular complexity index is 640. The first-order valence-electron chi connectivity index (χ1n) is 6.06. The predicted molar refractivity (Wildman–Crippen MR) is 73.5 cm³/mol. The average molecular weight is 254 g/mol. The third kappa shape index (κ3) is 1.79. The molecule has 0 saturated heterocycles. The fraction of sp³-hybridized carbons (Fsp3) is 0.188. The van der Waals surface area contributed by atoms with E-state index >= 15 is 0 Å². The quantitative estimate of drug-likeness (QED) is 0.689. The molecule has 1 unspecified atom stereocenters. The van der Waals surface area contributed by atoms with Gasteiger partial charge in [0.15, 0.2) is 0 Å². The lowest BCUT2D eigenvalue weighted by Gasteiger charge is -2.08. The Morgan fingerprint density at radius 2 is 2.00 bits per heavy atom. The number of hydrogen-bond donors (Lipinski definition) is 0. The van der Waals surface area contributed by atoms with Gasteiger partial charge in [-0.25, -0.2) is 0 Å². The number of aryl methyl sites for hydroxylation is 1. The fourth-order valence-corrected chi connectivity index (χ4v) is 2.89. The van der Waals surface area contributed by atoms with Gasteiger partial charge in [0, 0.05) is 0 Å². The van der Waals surface area contributed by atoms with Crippen LogP contribution < -0.4 is 0 Å². The number of alkyl halides is 1. The maximum atomic E-state index is 9.14. The normalized spacial score (nSPS) is 17.2. The molecular weight excluding hydrogens is 242 g/mol. The minimum absolute atomic E-state index is 0.153. The van der Waals surface area contributed by atoms with Crippen LogP contribution in [-0.4, -0.2) is 0 Å². The van der Waals surface area contributed by atoms with E-state index in [-0.39, 0.29) is 5.38 Å². The molecule has 88 valence electrons. The summed E-state index contributed by atoms with van der Waals surface area (Å²) in [5.74, 6) is 0. The van der Waals surface area contributed by atoms with Crippen LogP contribution in [0.3, 0.4) is 0 Å². The van der Waals surface area contributed by atoms with Gasteiger partial charge in [0.25, 0.3) is 0 Å². The molecule has 1 nitrogen and oxygen atoms in total. The minimum Gasteiger partial charge on any atom is -0.192 e. The van der Waals surface area contributed by atoms with Crippen molar-refractivity contribution < 1.29 is 0 Å². The summed E-state index contributed by atoms with van der Waals surface area (Å²) < 4.78 is 0. The lowest BCUT2D eigenvalue weighted by Crippen LogP contribution is -1.88. The summed E-state index contributed by atoms with van der Waals surface area (Å²) in [5, 5.41) is 9.30. The Balaban J connectivity index is 2.11. The summed E-state index contributed by atoms with van der Waals surface area (Å²) in [5.41, 5.74) is 5.39. The van der Waals surface area contributed by atoms with Crippen molar-refractivity contribution >= 4 is 11.6 Å². The molecule has 3 rings (SSSR count). The van der Waals surface area contributed by atoms with E-state index in [9.17, 15) is 0 Å². The SMILES string of the molecule is N#Cc1ccccc1-c1ccc2c(c1)CCC2Cl. The summed E-state index contributed by atoms with van der Waals surface area (Å²) in [4.78, 5) is 0. The van der Waals surface area contributed by atoms with Gasteiger partial charge in [0.1, 0.15) is 0 Å². The fourth-order valence-electron chi connectivity index (χ4n) is 2.57. The highest BCUT2D eigenvalue weighted by Gasteiger charge is 2.20. The van der Waals surface area contributed by atoms with Crippen molar-refractivity contribution in [1.29, 1.82) is 5.26 Å². The largest absolute Gasteiger partial charge is 0.192 e. The molecule has 0 N–H and O–H groups in total. The number of nitriles is 1. The van der Waals surface area contributed by atoms with Crippen molar-refractivity contribution in [3.63, 3.8) is 0 Å². The molecule has 2 aromatic rings. The van der Waals surface area contributed by atoms with Gasteiger partial charge >= 0.3 is 0 Å². The summed E-state index contributed by atoms with van der Waals surface area (Å²) in [6.07, 6.45) is 2.05. The van der Waals surface area contributed by atoms with Crippen molar-refractivity contribution in [3.05, 3.63) is 59.2 Å². The molecule has 0 fully saturated rings. The average Bonchev–Trinajstić information content (AvgIpc) is 2.80. The Morgan fingerprint density at radius 1 is 1.17 bits per heavy atom. The van der Waals surface area contributed by atoms with Crippen LogP contribution in [-0.2, 0) is 6.42 Å². The van der Waals surface area contributed by atoms with Crippen LogP contribution in [0.1, 0.15) is 28.5 Å². The Kier molecular flexibility index (Phi) is 2.81. The number of benzene rings is 2. The van der Waals surface area contributed by atoms with Crippen molar-refractivity contribution in [2.24, 2.45) is 0 Å². The molecule has 0 heterocycles. The Hall–Kier alpha value is -1.78. The highest BCUT2D eigenvalue weighted by Crippen LogP contribution is 2.38. The first kappa shape index (κ1) is 11.3. The van der Waals surface area contributed by atoms with Crippen LogP contribution in [0.15, 0.2) is 42.5 Å². The molecule has 0 bridgehead atoms. The third-order valence-corrected chi connectivity index (χ3v) is 3.96. The van der Waals surface area contributed by atoms with Crippen LogP contribution in [0.2, 0.25) is 0 Å². The van der Waals surface area contributed by atoms with E-state index in [1.165, 1.54) is 11.1 Å². The van der Waals surface area contributed by atoms with Crippen molar-refractivity contribution in [3.8, 4) is 17.2 Å². The molecule has 0 amide bonds. The standard InChI is InChI=1S/C16H12ClN/c17-16-8-6-12-9-11(5-7-15(12)16)14-4-2-1-3-13(14)10-18/h1-5,7,9,16H,6,8H2. The number of nitrogens with zero attached hydrogens (tertiary/aromatic N) is 1. The molecule has 1 aliphatic rings. The Morgan fingerprint density at radius 3 is 2.83 bits per heavy atom. The number of rotatable bonds is 1. The third-order valence-electron chi connectivity index (χ3n) is 3.51. The van der Waals surface area contributed by atoms with Gasteiger partial charge in [-0.3, -0.25) is 0 Å². The summed E-state index contributed by atoms with van der Waals surface area (Å²) in [6.45, 7) is 0. The smallest absolute Gasteiger partial charge is 0.0998 e. The van der Waals surface area contributed by atoms with E-state index in [0.29, 0.717) is 0 Å². The van der Waals surface area contributed by atoms with Crippen LogP contribution in [0, 0.1) is 11.3 Å². The number of hydrogen-bond acceptors (Lipinski definition) is 1. The van der Waals surface area contributed by atoms with Crippen molar-refractivity contribution in [1.82, 2.24) is 0 Å². The molecule has 0 saturated carbocycles. The lowest BCUT2D eigenvalue weighted by molar-refractivity contribution is 0.882. The van der Waals surface area contributed by atoms with Gasteiger partial charge in [-0.15, -0.1) is 11.6 Å². The van der Waals surface area contributed by atoms with E-state index in [1.807, 2.05) is 24.3 Å². The minimum atomic E-state index is 0.153. The highest BCUT2D eigenvalue weighted by molar-refractivity contribution is 6.21. The van der Waals surface area contributed by atoms with Crippen LogP contribution in [0.4, 0.5) is 0 Å². The van der Waals surface area contributed by atoms with Crippen LogP contribution in [0.25, 0.3) is 11.1 Å². The summed E-state index contributed by atoms with van der Waals surface area (Å²) in [7, 11) is 0. The van der Waals surface area contributed by atoms with Crippen LogP contribution >= 0.6 is 11.6 Å². The first-order chi connectivity index (χ1) is 8.79. The number of halogens is 1. The summed E-state index contributed by atoms with van der Waals surface area (Å²) >= 11 is 6.25. The zero-order valence-corrected chi connectivity index (χ0v) is 10.6. The van der Waals surface area contributed by atoms with Gasteiger partial charge in [0.05, 0.1) is 17.0 Å². The van der Waals surface area contributed by atoms with Gasteiger partial charge in [-0.1, -0.05) is 36.4 Å². The van der Waals surface area contributed by atoms with E-state index in [2.05, 4.69) is 24.3 Å². The molecule has 2 heteroatoms. The maximum Gasteiger partial charge on any atom is 0.0998 e. The van der Waals surface area contributed by atoms with Crippen LogP contribution in [0.5, 0.6) is 0 Å². The van der Waals surface area contributed by atoms with Gasteiger partial charge < -0.3 is 0 Å². The topological polar surface area (TPSA) is 23.8 Å². The maximum absolute atomic E-state index is 9.14. The molecular formula is C16H12ClN. The van der Waals surface area contributed by atoms with E-state index in [0.717, 1.165) is 29.5 Å². The van der Waals surface area contributed by atoms with Crippen molar-refractivity contribution in [2.75, 3.05) is 0 Å². The highest BCUT2D eigenvalue weighted by atomic mass is 35.5. The summed E-state index contributed by atoms with van der Waals surface area (Å²) in [6, 6.07) is 16.3. The van der Waals surface area contributed by atoms with E-state index < -0.39 is 0 Å². The number of fused-ring (bicyclic) bond motifs is 1. The van der Waals surface area contributed by atoms with Crippen molar-refractivity contribution in [2.45, 2.75) is 18.2 Å². The molecule has 1 aliphatic carbocycles. The zero-order valence-electron chi connectivity index (χ0n) is 9.86. The molecule has 0 aromatic heterocycles. The monoisotopic (exact) mass is 253 g/mol. The predicted octanol–water partition coefficient (Wildman–Crippen LogP) is 4.45. The second kappa shape index (κ2) is 4.48. The molecule has 0 aliphatic heterocycles. The van der Waals surface area contributed by atoms with E-state index in [4.69, 9.17) is 16.9 Å². The van der Waals surface area contributed by atoms with Gasteiger partial charge in [-0.2, -0.15) is 5.26 Å². The molecule has 2 aromatic carbocycles. The molecule has 0 radical (unpaired) electrons. The van der Waals surface area contributed by atoms with Gasteiger partial charge in [-0.05, 0) is 41.2 Å². The Labute approximate surface area is 112 Å². The van der Waals surface area contributed by atoms with E-state index in [1.54, 1.807) is 0 Å². The zero-order chi connectivity index (χ0) is 12.5. The molecule has 1 atom stereocenters. The first-order valence-corrected chi connectivity index (χ1v) is 6.49. The second-order valence-electron chi connectivity index (χ2n) is 4.58. The van der Waals surface area contributed by atoms with Gasteiger partial charge in [0.2, 0.25) is 0 Å².